The van der Waals surface area contributed by atoms with Crippen LogP contribution in [-0.2, 0) is 9.53 Å². The van der Waals surface area contributed by atoms with Crippen LogP contribution in [0, 0.1) is 3.57 Å². The van der Waals surface area contributed by atoms with Crippen molar-refractivity contribution in [2.45, 2.75) is 0 Å². The van der Waals surface area contributed by atoms with Crippen LogP contribution in [0.5, 0.6) is 0 Å². The smallest absolute Gasteiger partial charge is 0.363 e. The molecule has 0 aromatic heterocycles. The second kappa shape index (κ2) is 5.58. The quantitative estimate of drug-likeness (QED) is 0.457. The Morgan fingerprint density at radius 1 is 1.00 bits per heavy atom. The number of carbonyl (C=O) groups excluding carboxylic acids is 1. The predicted octanol–water partition coefficient (Wildman–Crippen LogP) is 3.64. The van der Waals surface area contributed by atoms with E-state index in [0.29, 0.717) is 11.6 Å². The number of nitrogens with zero attached hydrogens (tertiary/aromatic N) is 1. The normalized spacial score (nSPS) is 16.1. The minimum absolute atomic E-state index is 0.327. The van der Waals surface area contributed by atoms with Crippen LogP contribution in [0.4, 0.5) is 0 Å². The van der Waals surface area contributed by atoms with Gasteiger partial charge in [0.05, 0.1) is 0 Å². The van der Waals surface area contributed by atoms with Gasteiger partial charge in [0, 0.05) is 9.13 Å². The van der Waals surface area contributed by atoms with Crippen LogP contribution < -0.4 is 0 Å². The molecule has 2 aromatic carbocycles. The predicted molar refractivity (Wildman–Crippen MR) is 86.2 cm³/mol. The zero-order valence-electron chi connectivity index (χ0n) is 10.4. The van der Waals surface area contributed by atoms with Crippen molar-refractivity contribution in [2.24, 2.45) is 4.99 Å². The SMILES string of the molecule is O=C1OC(c2ccccc2)=NC1=Cc1ccccc1I. The number of esters is 1. The van der Waals surface area contributed by atoms with Gasteiger partial charge >= 0.3 is 5.97 Å². The molecular formula is C16H10INO2. The van der Waals surface area contributed by atoms with Crippen LogP contribution in [0.1, 0.15) is 11.1 Å². The second-order valence-electron chi connectivity index (χ2n) is 4.22. The van der Waals surface area contributed by atoms with Gasteiger partial charge in [0.2, 0.25) is 5.90 Å². The first kappa shape index (κ1) is 13.1. The van der Waals surface area contributed by atoms with Crippen molar-refractivity contribution in [1.29, 1.82) is 0 Å². The van der Waals surface area contributed by atoms with Gasteiger partial charge in [-0.1, -0.05) is 36.4 Å². The van der Waals surface area contributed by atoms with Gasteiger partial charge in [-0.25, -0.2) is 9.79 Å². The van der Waals surface area contributed by atoms with E-state index in [2.05, 4.69) is 27.6 Å². The highest BCUT2D eigenvalue weighted by molar-refractivity contribution is 14.1. The lowest BCUT2D eigenvalue weighted by Crippen LogP contribution is -2.04. The zero-order valence-corrected chi connectivity index (χ0v) is 12.6. The van der Waals surface area contributed by atoms with E-state index >= 15 is 0 Å². The standard InChI is InChI=1S/C16H10INO2/c17-13-9-5-4-8-12(13)10-14-16(19)20-15(18-14)11-6-2-1-3-7-11/h1-10H. The number of rotatable bonds is 2. The Balaban J connectivity index is 1.97. The Morgan fingerprint density at radius 3 is 2.45 bits per heavy atom. The van der Waals surface area contributed by atoms with Crippen molar-refractivity contribution in [3.05, 3.63) is 75.0 Å². The molecule has 1 aliphatic heterocycles. The molecular weight excluding hydrogens is 365 g/mol. The lowest BCUT2D eigenvalue weighted by atomic mass is 10.2. The molecule has 0 amide bonds. The molecule has 0 aliphatic carbocycles. The first-order valence-corrected chi connectivity index (χ1v) is 7.14. The molecule has 0 atom stereocenters. The van der Waals surface area contributed by atoms with Gasteiger partial charge in [-0.15, -0.1) is 0 Å². The lowest BCUT2D eigenvalue weighted by Gasteiger charge is -1.97. The summed E-state index contributed by atoms with van der Waals surface area (Å²) in [5.74, 6) is -0.0590. The molecule has 20 heavy (non-hydrogen) atoms. The number of aliphatic imine (C=N–C) groups is 1. The minimum Gasteiger partial charge on any atom is -0.402 e. The molecule has 3 nitrogen and oxygen atoms in total. The molecule has 0 unspecified atom stereocenters. The molecule has 3 rings (SSSR count). The summed E-state index contributed by atoms with van der Waals surface area (Å²) in [6.45, 7) is 0. The maximum Gasteiger partial charge on any atom is 0.363 e. The molecule has 1 heterocycles. The van der Waals surface area contributed by atoms with Gasteiger partial charge in [-0.2, -0.15) is 0 Å². The van der Waals surface area contributed by atoms with E-state index in [4.69, 9.17) is 4.74 Å². The fourth-order valence-electron chi connectivity index (χ4n) is 1.85. The van der Waals surface area contributed by atoms with E-state index in [1.54, 1.807) is 6.08 Å². The van der Waals surface area contributed by atoms with E-state index in [9.17, 15) is 4.79 Å². The van der Waals surface area contributed by atoms with Crippen LogP contribution >= 0.6 is 22.6 Å². The maximum absolute atomic E-state index is 11.9. The van der Waals surface area contributed by atoms with Crippen molar-refractivity contribution in [2.75, 3.05) is 0 Å². The van der Waals surface area contributed by atoms with E-state index in [1.165, 1.54) is 0 Å². The van der Waals surface area contributed by atoms with Crippen LogP contribution in [0.25, 0.3) is 6.08 Å². The average Bonchev–Trinajstić information content (AvgIpc) is 2.84. The fourth-order valence-corrected chi connectivity index (χ4v) is 2.40. The van der Waals surface area contributed by atoms with Gasteiger partial charge in [-0.3, -0.25) is 0 Å². The van der Waals surface area contributed by atoms with Crippen LogP contribution in [0.3, 0.4) is 0 Å². The Labute approximate surface area is 130 Å². The third-order valence-corrected chi connectivity index (χ3v) is 3.82. The molecule has 0 saturated heterocycles. The van der Waals surface area contributed by atoms with Crippen molar-refractivity contribution in [3.8, 4) is 0 Å². The van der Waals surface area contributed by atoms with Crippen LogP contribution in [0.2, 0.25) is 0 Å². The number of ether oxygens (including phenoxy) is 1. The number of cyclic esters (lactones) is 1. The Morgan fingerprint density at radius 2 is 1.70 bits per heavy atom. The van der Waals surface area contributed by atoms with Crippen molar-refractivity contribution in [3.63, 3.8) is 0 Å². The number of hydrogen-bond acceptors (Lipinski definition) is 3. The summed E-state index contributed by atoms with van der Waals surface area (Å²) in [6.07, 6.45) is 1.75. The third kappa shape index (κ3) is 2.65. The van der Waals surface area contributed by atoms with Crippen molar-refractivity contribution in [1.82, 2.24) is 0 Å². The Hall–Kier alpha value is -1.95. The molecule has 0 saturated carbocycles. The summed E-state index contributed by atoms with van der Waals surface area (Å²) in [7, 11) is 0. The summed E-state index contributed by atoms with van der Waals surface area (Å²) in [5, 5.41) is 0. The van der Waals surface area contributed by atoms with Gasteiger partial charge in [-0.05, 0) is 52.4 Å². The van der Waals surface area contributed by atoms with Gasteiger partial charge in [0.25, 0.3) is 0 Å². The second-order valence-corrected chi connectivity index (χ2v) is 5.39. The van der Waals surface area contributed by atoms with E-state index in [0.717, 1.165) is 14.7 Å². The van der Waals surface area contributed by atoms with E-state index in [1.807, 2.05) is 54.6 Å². The largest absolute Gasteiger partial charge is 0.402 e. The highest BCUT2D eigenvalue weighted by Gasteiger charge is 2.24. The topological polar surface area (TPSA) is 38.7 Å². The van der Waals surface area contributed by atoms with Gasteiger partial charge in [0.15, 0.2) is 5.70 Å². The van der Waals surface area contributed by atoms with E-state index < -0.39 is 5.97 Å². The Bertz CT molecular complexity index is 720. The molecule has 0 fully saturated rings. The molecule has 98 valence electrons. The molecule has 0 radical (unpaired) electrons. The van der Waals surface area contributed by atoms with Crippen molar-refractivity contribution < 1.29 is 9.53 Å². The van der Waals surface area contributed by atoms with Crippen LogP contribution in [-0.4, -0.2) is 11.9 Å². The molecule has 4 heteroatoms. The van der Waals surface area contributed by atoms with Crippen LogP contribution in [0.15, 0.2) is 65.3 Å². The number of hydrogen-bond donors (Lipinski definition) is 0. The highest BCUT2D eigenvalue weighted by atomic mass is 127. The number of carbonyl (C=O) groups is 1. The highest BCUT2D eigenvalue weighted by Crippen LogP contribution is 2.21. The molecule has 1 aliphatic rings. The summed E-state index contributed by atoms with van der Waals surface area (Å²) in [6, 6.07) is 17.2. The number of halogens is 1. The summed E-state index contributed by atoms with van der Waals surface area (Å²) in [5.41, 5.74) is 2.08. The first-order chi connectivity index (χ1) is 9.74. The summed E-state index contributed by atoms with van der Waals surface area (Å²) < 4.78 is 6.28. The average molecular weight is 375 g/mol. The third-order valence-electron chi connectivity index (χ3n) is 2.84. The summed E-state index contributed by atoms with van der Waals surface area (Å²) in [4.78, 5) is 16.1. The minimum atomic E-state index is -0.413. The van der Waals surface area contributed by atoms with Crippen molar-refractivity contribution >= 4 is 40.5 Å². The fraction of sp³-hybridized carbons (Fsp3) is 0. The molecule has 0 bridgehead atoms. The maximum atomic E-state index is 11.9. The molecule has 2 aromatic rings. The Kier molecular flexibility index (Phi) is 3.64. The molecule has 0 N–H and O–H groups in total. The first-order valence-electron chi connectivity index (χ1n) is 6.06. The molecule has 0 spiro atoms. The van der Waals surface area contributed by atoms with E-state index in [-0.39, 0.29) is 0 Å². The number of benzene rings is 2. The lowest BCUT2D eigenvalue weighted by molar-refractivity contribution is -0.129. The zero-order chi connectivity index (χ0) is 13.9. The van der Waals surface area contributed by atoms with Gasteiger partial charge in [0.1, 0.15) is 0 Å². The monoisotopic (exact) mass is 375 g/mol. The summed E-state index contributed by atoms with van der Waals surface area (Å²) >= 11 is 2.23. The van der Waals surface area contributed by atoms with Gasteiger partial charge < -0.3 is 4.74 Å².